The van der Waals surface area contributed by atoms with Crippen molar-refractivity contribution in [2.75, 3.05) is 24.2 Å². The number of rotatable bonds is 7. The molecule has 0 aromatic carbocycles. The maximum absolute atomic E-state index is 4.64. The number of hydrogen-bond donors (Lipinski definition) is 2. The first-order chi connectivity index (χ1) is 9.71. The van der Waals surface area contributed by atoms with E-state index in [9.17, 15) is 0 Å². The molecule has 0 atom stereocenters. The first kappa shape index (κ1) is 15.1. The van der Waals surface area contributed by atoms with E-state index in [1.807, 2.05) is 13.1 Å². The first-order valence-corrected chi connectivity index (χ1v) is 8.01. The van der Waals surface area contributed by atoms with E-state index in [0.29, 0.717) is 5.41 Å². The maximum atomic E-state index is 4.64. The second kappa shape index (κ2) is 6.91. The van der Waals surface area contributed by atoms with Gasteiger partial charge in [0.15, 0.2) is 0 Å². The van der Waals surface area contributed by atoms with Gasteiger partial charge in [0.05, 0.1) is 0 Å². The third-order valence-electron chi connectivity index (χ3n) is 4.56. The van der Waals surface area contributed by atoms with Crippen molar-refractivity contribution in [3.8, 4) is 0 Å². The highest BCUT2D eigenvalue weighted by molar-refractivity contribution is 5.47. The fraction of sp³-hybridized carbons (Fsp3) is 0.750. The molecule has 0 aliphatic heterocycles. The molecule has 4 heteroatoms. The van der Waals surface area contributed by atoms with Gasteiger partial charge in [0.25, 0.3) is 0 Å². The lowest BCUT2D eigenvalue weighted by atomic mass is 9.83. The van der Waals surface area contributed by atoms with Crippen LogP contribution in [0.2, 0.25) is 0 Å². The van der Waals surface area contributed by atoms with Crippen molar-refractivity contribution in [2.45, 2.75) is 58.8 Å². The minimum Gasteiger partial charge on any atom is -0.373 e. The molecule has 0 bridgehead atoms. The molecule has 112 valence electrons. The highest BCUT2D eigenvalue weighted by Crippen LogP contribution is 2.40. The Morgan fingerprint density at radius 1 is 1.15 bits per heavy atom. The van der Waals surface area contributed by atoms with E-state index in [1.54, 1.807) is 0 Å². The Morgan fingerprint density at radius 3 is 2.45 bits per heavy atom. The molecular formula is C16H28N4. The summed E-state index contributed by atoms with van der Waals surface area (Å²) in [7, 11) is 1.91. The summed E-state index contributed by atoms with van der Waals surface area (Å²) >= 11 is 0. The van der Waals surface area contributed by atoms with Crippen molar-refractivity contribution in [1.29, 1.82) is 0 Å². The summed E-state index contributed by atoms with van der Waals surface area (Å²) in [6.07, 6.45) is 8.72. The Morgan fingerprint density at radius 2 is 1.85 bits per heavy atom. The van der Waals surface area contributed by atoms with Gasteiger partial charge in [-0.2, -0.15) is 0 Å². The van der Waals surface area contributed by atoms with Crippen LogP contribution in [0.4, 0.5) is 11.6 Å². The molecule has 0 unspecified atom stereocenters. The molecule has 0 radical (unpaired) electrons. The van der Waals surface area contributed by atoms with Gasteiger partial charge in [0.2, 0.25) is 0 Å². The van der Waals surface area contributed by atoms with Gasteiger partial charge < -0.3 is 10.6 Å². The monoisotopic (exact) mass is 276 g/mol. The van der Waals surface area contributed by atoms with Crippen molar-refractivity contribution in [1.82, 2.24) is 9.97 Å². The molecule has 2 rings (SSSR count). The molecule has 1 aromatic heterocycles. The van der Waals surface area contributed by atoms with Crippen molar-refractivity contribution in [3.05, 3.63) is 11.9 Å². The molecule has 1 aliphatic carbocycles. The van der Waals surface area contributed by atoms with Gasteiger partial charge in [-0.1, -0.05) is 26.7 Å². The lowest BCUT2D eigenvalue weighted by Crippen LogP contribution is -2.26. The predicted octanol–water partition coefficient (Wildman–Crippen LogP) is 3.85. The van der Waals surface area contributed by atoms with Crippen molar-refractivity contribution >= 4 is 11.6 Å². The zero-order valence-corrected chi connectivity index (χ0v) is 13.1. The van der Waals surface area contributed by atoms with Crippen molar-refractivity contribution in [2.24, 2.45) is 5.41 Å². The van der Waals surface area contributed by atoms with Gasteiger partial charge in [-0.15, -0.1) is 0 Å². The van der Waals surface area contributed by atoms with Gasteiger partial charge in [-0.3, -0.25) is 0 Å². The molecule has 1 aromatic rings. The first-order valence-electron chi connectivity index (χ1n) is 8.01. The van der Waals surface area contributed by atoms with Crippen LogP contribution < -0.4 is 10.6 Å². The number of nitrogens with zero attached hydrogens (tertiary/aromatic N) is 2. The summed E-state index contributed by atoms with van der Waals surface area (Å²) in [4.78, 5) is 9.13. The second-order valence-corrected chi connectivity index (χ2v) is 5.97. The molecule has 0 amide bonds. The Kier molecular flexibility index (Phi) is 5.21. The Hall–Kier alpha value is -1.32. The SMILES string of the molecule is CCCc1nc(NC)cc(NCC2(CC)CCCC2)n1. The summed E-state index contributed by atoms with van der Waals surface area (Å²) in [6, 6.07) is 2.01. The highest BCUT2D eigenvalue weighted by Gasteiger charge is 2.31. The van der Waals surface area contributed by atoms with Crippen LogP contribution in [0.15, 0.2) is 6.07 Å². The zero-order valence-electron chi connectivity index (χ0n) is 13.1. The minimum atomic E-state index is 0.482. The van der Waals surface area contributed by atoms with E-state index in [2.05, 4.69) is 34.4 Å². The summed E-state index contributed by atoms with van der Waals surface area (Å²) in [6.45, 7) is 5.51. The van der Waals surface area contributed by atoms with Crippen LogP contribution in [0.5, 0.6) is 0 Å². The molecule has 2 N–H and O–H groups in total. The summed E-state index contributed by atoms with van der Waals surface area (Å²) in [5.41, 5.74) is 0.482. The molecule has 1 saturated carbocycles. The lowest BCUT2D eigenvalue weighted by Gasteiger charge is -2.28. The summed E-state index contributed by atoms with van der Waals surface area (Å²) in [5, 5.41) is 6.69. The van der Waals surface area contributed by atoms with Gasteiger partial charge in [0, 0.05) is 26.1 Å². The van der Waals surface area contributed by atoms with Crippen LogP contribution in [-0.4, -0.2) is 23.6 Å². The summed E-state index contributed by atoms with van der Waals surface area (Å²) in [5.74, 6) is 2.80. The van der Waals surface area contributed by atoms with Crippen LogP contribution in [-0.2, 0) is 6.42 Å². The average molecular weight is 276 g/mol. The van der Waals surface area contributed by atoms with E-state index in [-0.39, 0.29) is 0 Å². The highest BCUT2D eigenvalue weighted by atomic mass is 15.1. The number of aromatic nitrogens is 2. The molecule has 1 heterocycles. The zero-order chi connectivity index (χ0) is 14.4. The molecule has 20 heavy (non-hydrogen) atoms. The van der Waals surface area contributed by atoms with Crippen LogP contribution >= 0.6 is 0 Å². The topological polar surface area (TPSA) is 49.8 Å². The molecule has 1 aliphatic rings. The molecular weight excluding hydrogens is 248 g/mol. The number of nitrogens with one attached hydrogen (secondary N) is 2. The fourth-order valence-electron chi connectivity index (χ4n) is 3.11. The van der Waals surface area contributed by atoms with E-state index < -0.39 is 0 Å². The van der Waals surface area contributed by atoms with Crippen molar-refractivity contribution < 1.29 is 0 Å². The Balaban J connectivity index is 2.06. The van der Waals surface area contributed by atoms with Crippen LogP contribution in [0, 0.1) is 5.41 Å². The normalized spacial score (nSPS) is 17.1. The fourth-order valence-corrected chi connectivity index (χ4v) is 3.11. The van der Waals surface area contributed by atoms with Crippen LogP contribution in [0.1, 0.15) is 58.2 Å². The Bertz CT molecular complexity index is 424. The predicted molar refractivity (Wildman–Crippen MR) is 85.3 cm³/mol. The molecule has 0 spiro atoms. The standard InChI is InChI=1S/C16H28N4/c1-4-8-13-19-14(17-3)11-15(20-13)18-12-16(5-2)9-6-7-10-16/h11H,4-10,12H2,1-3H3,(H2,17,18,19,20). The quantitative estimate of drug-likeness (QED) is 0.794. The average Bonchev–Trinajstić information content (AvgIpc) is 2.95. The number of anilines is 2. The summed E-state index contributed by atoms with van der Waals surface area (Å²) < 4.78 is 0. The Labute approximate surface area is 122 Å². The minimum absolute atomic E-state index is 0.482. The van der Waals surface area contributed by atoms with E-state index >= 15 is 0 Å². The lowest BCUT2D eigenvalue weighted by molar-refractivity contribution is 0.306. The number of hydrogen-bond acceptors (Lipinski definition) is 4. The third kappa shape index (κ3) is 3.62. The second-order valence-electron chi connectivity index (χ2n) is 5.97. The van der Waals surface area contributed by atoms with Crippen LogP contribution in [0.3, 0.4) is 0 Å². The maximum Gasteiger partial charge on any atom is 0.133 e. The van der Waals surface area contributed by atoms with Gasteiger partial charge >= 0.3 is 0 Å². The van der Waals surface area contributed by atoms with Crippen LogP contribution in [0.25, 0.3) is 0 Å². The molecule has 4 nitrogen and oxygen atoms in total. The molecule has 0 saturated heterocycles. The van der Waals surface area contributed by atoms with Gasteiger partial charge in [0.1, 0.15) is 17.5 Å². The third-order valence-corrected chi connectivity index (χ3v) is 4.56. The van der Waals surface area contributed by atoms with E-state index in [0.717, 1.165) is 36.8 Å². The van der Waals surface area contributed by atoms with E-state index in [1.165, 1.54) is 32.1 Å². The largest absolute Gasteiger partial charge is 0.373 e. The van der Waals surface area contributed by atoms with E-state index in [4.69, 9.17) is 0 Å². The van der Waals surface area contributed by atoms with Gasteiger partial charge in [-0.25, -0.2) is 9.97 Å². The molecule has 1 fully saturated rings. The van der Waals surface area contributed by atoms with Crippen molar-refractivity contribution in [3.63, 3.8) is 0 Å². The van der Waals surface area contributed by atoms with Gasteiger partial charge in [-0.05, 0) is 31.1 Å². The number of aryl methyl sites for hydroxylation is 1. The smallest absolute Gasteiger partial charge is 0.133 e.